The molecule has 0 saturated carbocycles. The zero-order valence-corrected chi connectivity index (χ0v) is 18.2. The summed E-state index contributed by atoms with van der Waals surface area (Å²) in [6.07, 6.45) is 1.65. The van der Waals surface area contributed by atoms with E-state index in [9.17, 15) is 18.0 Å². The van der Waals surface area contributed by atoms with E-state index in [-0.39, 0.29) is 46.2 Å². The number of nitrogens with zero attached hydrogens (tertiary/aromatic N) is 2. The Morgan fingerprint density at radius 1 is 1.13 bits per heavy atom. The fourth-order valence-corrected chi connectivity index (χ4v) is 5.70. The molecule has 0 aliphatic carbocycles. The van der Waals surface area contributed by atoms with E-state index < -0.39 is 16.0 Å². The minimum atomic E-state index is -3.74. The van der Waals surface area contributed by atoms with Crippen LogP contribution in [-0.4, -0.2) is 54.2 Å². The summed E-state index contributed by atoms with van der Waals surface area (Å²) >= 11 is 11.9. The summed E-state index contributed by atoms with van der Waals surface area (Å²) in [5, 5.41) is 9.61. The Labute approximate surface area is 184 Å². The van der Waals surface area contributed by atoms with Crippen LogP contribution in [0.2, 0.25) is 10.0 Å². The molecule has 1 heterocycles. The van der Waals surface area contributed by atoms with E-state index >= 15 is 0 Å². The number of rotatable bonds is 7. The Hall–Kier alpha value is -2.13. The Kier molecular flexibility index (Phi) is 7.02. The fourth-order valence-electron chi connectivity index (χ4n) is 3.51. The second-order valence-electron chi connectivity index (χ2n) is 7.02. The van der Waals surface area contributed by atoms with E-state index in [1.165, 1.54) is 34.6 Å². The van der Waals surface area contributed by atoms with E-state index in [0.29, 0.717) is 18.4 Å². The van der Waals surface area contributed by atoms with Crippen molar-refractivity contribution < 1.29 is 23.1 Å². The van der Waals surface area contributed by atoms with Gasteiger partial charge in [-0.25, -0.2) is 13.2 Å². The highest BCUT2D eigenvalue weighted by Gasteiger charge is 2.32. The third-order valence-corrected chi connectivity index (χ3v) is 7.35. The van der Waals surface area contributed by atoms with Crippen molar-refractivity contribution >= 4 is 45.6 Å². The van der Waals surface area contributed by atoms with E-state index in [1.54, 1.807) is 17.0 Å². The van der Waals surface area contributed by atoms with Gasteiger partial charge in [-0.2, -0.15) is 4.31 Å². The predicted molar refractivity (Wildman–Crippen MR) is 113 cm³/mol. The first-order chi connectivity index (χ1) is 14.2. The third-order valence-electron chi connectivity index (χ3n) is 5.04. The van der Waals surface area contributed by atoms with Crippen LogP contribution in [0.25, 0.3) is 0 Å². The van der Waals surface area contributed by atoms with Crippen LogP contribution in [0.15, 0.2) is 47.4 Å². The van der Waals surface area contributed by atoms with Gasteiger partial charge in [0.05, 0.1) is 10.5 Å². The van der Waals surface area contributed by atoms with Gasteiger partial charge in [-0.15, -0.1) is 0 Å². The lowest BCUT2D eigenvalue weighted by atomic mass is 10.0. The maximum atomic E-state index is 12.9. The number of hydrogen-bond acceptors (Lipinski definition) is 4. The third kappa shape index (κ3) is 5.13. The number of hydrogen-bond donors (Lipinski definition) is 1. The summed E-state index contributed by atoms with van der Waals surface area (Å²) in [5.41, 5.74) is 0.852. The number of carboxylic acid groups (broad SMARTS) is 1. The van der Waals surface area contributed by atoms with Crippen molar-refractivity contribution in [2.75, 3.05) is 13.1 Å². The number of aromatic carboxylic acids is 1. The van der Waals surface area contributed by atoms with Crippen molar-refractivity contribution in [3.8, 4) is 0 Å². The lowest BCUT2D eigenvalue weighted by Crippen LogP contribution is -2.46. The molecular formula is C20H20Cl2N2O5S. The van der Waals surface area contributed by atoms with Gasteiger partial charge in [0, 0.05) is 35.7 Å². The molecule has 1 amide bonds. The largest absolute Gasteiger partial charge is 0.478 e. The number of amides is 1. The van der Waals surface area contributed by atoms with Gasteiger partial charge in [0.1, 0.15) is 0 Å². The Bertz CT molecular complexity index is 1030. The summed E-state index contributed by atoms with van der Waals surface area (Å²) in [4.78, 5) is 24.4. The molecule has 1 aliphatic rings. The number of carbonyl (C=O) groups is 2. The van der Waals surface area contributed by atoms with Crippen LogP contribution in [0.1, 0.15) is 28.8 Å². The van der Waals surface area contributed by atoms with Crippen LogP contribution < -0.4 is 0 Å². The van der Waals surface area contributed by atoms with E-state index in [2.05, 4.69) is 0 Å². The van der Waals surface area contributed by atoms with E-state index in [0.717, 1.165) is 6.41 Å². The summed E-state index contributed by atoms with van der Waals surface area (Å²) in [6.45, 7) is 0.749. The molecule has 0 atom stereocenters. The van der Waals surface area contributed by atoms with Crippen molar-refractivity contribution in [2.45, 2.75) is 30.3 Å². The highest BCUT2D eigenvalue weighted by atomic mass is 35.5. The topological polar surface area (TPSA) is 95.0 Å². The number of carboxylic acids is 1. The molecule has 2 aromatic carbocycles. The van der Waals surface area contributed by atoms with Crippen molar-refractivity contribution in [2.24, 2.45) is 0 Å². The smallest absolute Gasteiger partial charge is 0.335 e. The van der Waals surface area contributed by atoms with E-state index in [4.69, 9.17) is 28.3 Å². The number of benzene rings is 2. The second kappa shape index (κ2) is 9.34. The number of halogens is 2. The molecule has 0 unspecified atom stereocenters. The molecule has 1 aliphatic heterocycles. The molecule has 0 aromatic heterocycles. The first-order valence-corrected chi connectivity index (χ1v) is 11.4. The quantitative estimate of drug-likeness (QED) is 0.624. The first-order valence-electron chi connectivity index (χ1n) is 9.20. The SMILES string of the molecule is O=CN(Cc1cccc(C(=O)O)c1)C1CCN(S(=O)(=O)c2cc(Cl)cc(Cl)c2)CC1. The van der Waals surface area contributed by atoms with Crippen molar-refractivity contribution in [1.29, 1.82) is 0 Å². The average Bonchev–Trinajstić information content (AvgIpc) is 2.71. The summed E-state index contributed by atoms with van der Waals surface area (Å²) < 4.78 is 27.2. The normalized spacial score (nSPS) is 15.7. The van der Waals surface area contributed by atoms with Gasteiger partial charge in [0.25, 0.3) is 0 Å². The maximum absolute atomic E-state index is 12.9. The highest BCUT2D eigenvalue weighted by molar-refractivity contribution is 7.89. The van der Waals surface area contributed by atoms with Gasteiger partial charge in [-0.3, -0.25) is 4.79 Å². The number of sulfonamides is 1. The molecule has 0 bridgehead atoms. The molecule has 1 fully saturated rings. The van der Waals surface area contributed by atoms with Crippen LogP contribution in [-0.2, 0) is 21.4 Å². The van der Waals surface area contributed by atoms with Gasteiger partial charge < -0.3 is 10.0 Å². The van der Waals surface area contributed by atoms with Crippen molar-refractivity contribution in [1.82, 2.24) is 9.21 Å². The molecule has 0 radical (unpaired) electrons. The standard InChI is InChI=1S/C20H20Cl2N2O5S/c21-16-9-17(22)11-19(10-16)30(28,29)24-6-4-18(5-7-24)23(13-25)12-14-2-1-3-15(8-14)20(26)27/h1-3,8-11,13,18H,4-7,12H2,(H,26,27). The summed E-state index contributed by atoms with van der Waals surface area (Å²) in [5.74, 6) is -1.03. The number of piperidine rings is 1. The fraction of sp³-hybridized carbons (Fsp3) is 0.300. The predicted octanol–water partition coefficient (Wildman–Crippen LogP) is 3.50. The van der Waals surface area contributed by atoms with Gasteiger partial charge in [0.2, 0.25) is 16.4 Å². The Morgan fingerprint density at radius 3 is 2.33 bits per heavy atom. The lowest BCUT2D eigenvalue weighted by molar-refractivity contribution is -0.121. The van der Waals surface area contributed by atoms with Crippen molar-refractivity contribution in [3.63, 3.8) is 0 Å². The highest BCUT2D eigenvalue weighted by Crippen LogP contribution is 2.28. The number of carbonyl (C=O) groups excluding carboxylic acids is 1. The van der Waals surface area contributed by atoms with Crippen LogP contribution >= 0.6 is 23.2 Å². The second-order valence-corrected chi connectivity index (χ2v) is 9.83. The van der Waals surface area contributed by atoms with Crippen LogP contribution in [0, 0.1) is 0 Å². The molecule has 7 nitrogen and oxygen atoms in total. The molecule has 10 heteroatoms. The van der Waals surface area contributed by atoms with E-state index in [1.807, 2.05) is 0 Å². The minimum absolute atomic E-state index is 0.0381. The van der Waals surface area contributed by atoms with Gasteiger partial charge in [-0.1, -0.05) is 35.3 Å². The summed E-state index contributed by atoms with van der Waals surface area (Å²) in [7, 11) is -3.74. The summed E-state index contributed by atoms with van der Waals surface area (Å²) in [6, 6.07) is 10.5. The van der Waals surface area contributed by atoms with Gasteiger partial charge in [0.15, 0.2) is 0 Å². The van der Waals surface area contributed by atoms with Crippen LogP contribution in [0.3, 0.4) is 0 Å². The molecule has 30 heavy (non-hydrogen) atoms. The molecule has 0 spiro atoms. The average molecular weight is 471 g/mol. The monoisotopic (exact) mass is 470 g/mol. The zero-order chi connectivity index (χ0) is 21.9. The maximum Gasteiger partial charge on any atom is 0.335 e. The van der Waals surface area contributed by atoms with Crippen LogP contribution in [0.4, 0.5) is 0 Å². The van der Waals surface area contributed by atoms with Gasteiger partial charge in [-0.05, 0) is 48.7 Å². The Morgan fingerprint density at radius 2 is 1.77 bits per heavy atom. The Balaban J connectivity index is 1.68. The molecule has 1 N–H and O–H groups in total. The molecular weight excluding hydrogens is 451 g/mol. The van der Waals surface area contributed by atoms with Gasteiger partial charge >= 0.3 is 5.97 Å². The molecule has 3 rings (SSSR count). The first kappa shape index (κ1) is 22.6. The lowest BCUT2D eigenvalue weighted by Gasteiger charge is -2.36. The zero-order valence-electron chi connectivity index (χ0n) is 15.9. The molecule has 2 aromatic rings. The minimum Gasteiger partial charge on any atom is -0.478 e. The molecule has 1 saturated heterocycles. The van der Waals surface area contributed by atoms with Crippen LogP contribution in [0.5, 0.6) is 0 Å². The van der Waals surface area contributed by atoms with Crippen molar-refractivity contribution in [3.05, 3.63) is 63.6 Å². The molecule has 160 valence electrons.